The second kappa shape index (κ2) is 6.36. The van der Waals surface area contributed by atoms with Gasteiger partial charge in [-0.05, 0) is 31.6 Å². The molecular weight excluding hydrogens is 216 g/mol. The molecule has 2 aliphatic rings. The Morgan fingerprint density at radius 2 is 1.94 bits per heavy atom. The standard InChI is InChI=1S/C13H24N2O2/c14-12(10-6-7-10)8-15-13(16)9-17-11-4-2-1-3-5-11/h10-12H,1-9,14H2,(H,15,16). The van der Waals surface area contributed by atoms with Crippen molar-refractivity contribution < 1.29 is 9.53 Å². The van der Waals surface area contributed by atoms with Crippen LogP contribution in [0.4, 0.5) is 0 Å². The fourth-order valence-electron chi connectivity index (χ4n) is 2.40. The summed E-state index contributed by atoms with van der Waals surface area (Å²) in [6, 6.07) is 0.133. The largest absolute Gasteiger partial charge is 0.368 e. The zero-order valence-corrected chi connectivity index (χ0v) is 10.5. The van der Waals surface area contributed by atoms with E-state index in [0.717, 1.165) is 12.8 Å². The van der Waals surface area contributed by atoms with E-state index in [1.165, 1.54) is 32.1 Å². The maximum atomic E-state index is 11.5. The van der Waals surface area contributed by atoms with Gasteiger partial charge >= 0.3 is 0 Å². The number of nitrogens with one attached hydrogen (secondary N) is 1. The van der Waals surface area contributed by atoms with Gasteiger partial charge in [-0.15, -0.1) is 0 Å². The quantitative estimate of drug-likeness (QED) is 0.733. The van der Waals surface area contributed by atoms with Crippen LogP contribution in [0, 0.1) is 5.92 Å². The minimum absolute atomic E-state index is 0.0216. The highest BCUT2D eigenvalue weighted by Crippen LogP contribution is 2.31. The number of nitrogens with two attached hydrogens (primary N) is 1. The van der Waals surface area contributed by atoms with Crippen LogP contribution < -0.4 is 11.1 Å². The van der Waals surface area contributed by atoms with E-state index in [1.807, 2.05) is 0 Å². The molecule has 0 aromatic rings. The van der Waals surface area contributed by atoms with Gasteiger partial charge in [0.2, 0.25) is 5.91 Å². The molecule has 0 heterocycles. The number of rotatable bonds is 6. The number of hydrogen-bond acceptors (Lipinski definition) is 3. The van der Waals surface area contributed by atoms with Gasteiger partial charge in [-0.25, -0.2) is 0 Å². The predicted octanol–water partition coefficient (Wildman–Crippen LogP) is 1.19. The van der Waals surface area contributed by atoms with Crippen molar-refractivity contribution >= 4 is 5.91 Å². The van der Waals surface area contributed by atoms with Gasteiger partial charge in [-0.3, -0.25) is 4.79 Å². The van der Waals surface area contributed by atoms with Gasteiger partial charge in [0.15, 0.2) is 0 Å². The molecule has 2 saturated carbocycles. The van der Waals surface area contributed by atoms with Crippen molar-refractivity contribution in [2.24, 2.45) is 11.7 Å². The lowest BCUT2D eigenvalue weighted by Crippen LogP contribution is -2.40. The Morgan fingerprint density at radius 3 is 2.59 bits per heavy atom. The summed E-state index contributed by atoms with van der Waals surface area (Å²) in [6.45, 7) is 0.791. The molecule has 0 saturated heterocycles. The molecule has 4 nitrogen and oxygen atoms in total. The smallest absolute Gasteiger partial charge is 0.246 e. The molecule has 2 rings (SSSR count). The molecule has 98 valence electrons. The molecule has 0 aromatic heterocycles. The summed E-state index contributed by atoms with van der Waals surface area (Å²) in [5.74, 6) is 0.612. The summed E-state index contributed by atoms with van der Waals surface area (Å²) in [7, 11) is 0. The number of amides is 1. The molecule has 0 radical (unpaired) electrons. The molecule has 0 aromatic carbocycles. The van der Waals surface area contributed by atoms with Crippen LogP contribution in [0.2, 0.25) is 0 Å². The average Bonchev–Trinajstić information content (AvgIpc) is 3.19. The van der Waals surface area contributed by atoms with Gasteiger partial charge in [-0.2, -0.15) is 0 Å². The minimum Gasteiger partial charge on any atom is -0.368 e. The van der Waals surface area contributed by atoms with Crippen LogP contribution in [0.15, 0.2) is 0 Å². The lowest BCUT2D eigenvalue weighted by Gasteiger charge is -2.21. The van der Waals surface area contributed by atoms with Crippen LogP contribution >= 0.6 is 0 Å². The van der Waals surface area contributed by atoms with E-state index in [1.54, 1.807) is 0 Å². The third-order valence-corrected chi connectivity index (χ3v) is 3.76. The van der Waals surface area contributed by atoms with Crippen molar-refractivity contribution in [2.75, 3.05) is 13.2 Å². The van der Waals surface area contributed by atoms with Gasteiger partial charge in [-0.1, -0.05) is 19.3 Å². The highest BCUT2D eigenvalue weighted by Gasteiger charge is 2.28. The van der Waals surface area contributed by atoms with Crippen LogP contribution in [0.25, 0.3) is 0 Å². The summed E-state index contributed by atoms with van der Waals surface area (Å²) >= 11 is 0. The van der Waals surface area contributed by atoms with Crippen molar-refractivity contribution in [3.8, 4) is 0 Å². The van der Waals surface area contributed by atoms with Gasteiger partial charge in [0.05, 0.1) is 6.10 Å². The molecule has 0 bridgehead atoms. The van der Waals surface area contributed by atoms with E-state index < -0.39 is 0 Å². The Balaban J connectivity index is 1.53. The second-order valence-electron chi connectivity index (χ2n) is 5.38. The van der Waals surface area contributed by atoms with Crippen molar-refractivity contribution in [3.63, 3.8) is 0 Å². The molecule has 3 N–H and O–H groups in total. The second-order valence-corrected chi connectivity index (χ2v) is 5.38. The molecule has 1 unspecified atom stereocenters. The van der Waals surface area contributed by atoms with Gasteiger partial charge < -0.3 is 15.8 Å². The van der Waals surface area contributed by atoms with Gasteiger partial charge in [0.25, 0.3) is 0 Å². The molecule has 17 heavy (non-hydrogen) atoms. The first-order valence-corrected chi connectivity index (χ1v) is 6.89. The number of carbonyl (C=O) groups is 1. The van der Waals surface area contributed by atoms with E-state index in [4.69, 9.17) is 10.5 Å². The number of hydrogen-bond donors (Lipinski definition) is 2. The summed E-state index contributed by atoms with van der Waals surface area (Å²) in [4.78, 5) is 11.5. The molecular formula is C13H24N2O2. The summed E-state index contributed by atoms with van der Waals surface area (Å²) < 4.78 is 5.60. The van der Waals surface area contributed by atoms with Crippen molar-refractivity contribution in [1.82, 2.24) is 5.32 Å². The van der Waals surface area contributed by atoms with Crippen LogP contribution in [0.5, 0.6) is 0 Å². The van der Waals surface area contributed by atoms with E-state index in [-0.39, 0.29) is 18.6 Å². The summed E-state index contributed by atoms with van der Waals surface area (Å²) in [6.07, 6.45) is 8.72. The highest BCUT2D eigenvalue weighted by molar-refractivity contribution is 5.77. The third-order valence-electron chi connectivity index (χ3n) is 3.76. The molecule has 0 aliphatic heterocycles. The molecule has 1 amide bonds. The topological polar surface area (TPSA) is 64.3 Å². The average molecular weight is 240 g/mol. The van der Waals surface area contributed by atoms with Crippen LogP contribution in [-0.4, -0.2) is 31.2 Å². The number of carbonyl (C=O) groups excluding carboxylic acids is 1. The Bertz CT molecular complexity index is 248. The van der Waals surface area contributed by atoms with E-state index in [0.29, 0.717) is 18.6 Å². The van der Waals surface area contributed by atoms with Crippen molar-refractivity contribution in [1.29, 1.82) is 0 Å². The van der Waals surface area contributed by atoms with Crippen molar-refractivity contribution in [2.45, 2.75) is 57.1 Å². The van der Waals surface area contributed by atoms with Crippen LogP contribution in [0.1, 0.15) is 44.9 Å². The summed E-state index contributed by atoms with van der Waals surface area (Å²) in [5.41, 5.74) is 5.91. The Morgan fingerprint density at radius 1 is 1.24 bits per heavy atom. The molecule has 1 atom stereocenters. The zero-order valence-electron chi connectivity index (χ0n) is 10.5. The minimum atomic E-state index is -0.0216. The Labute approximate surface area is 103 Å². The SMILES string of the molecule is NC(CNC(=O)COC1CCCCC1)C1CC1. The third kappa shape index (κ3) is 4.64. The van der Waals surface area contributed by atoms with E-state index >= 15 is 0 Å². The van der Waals surface area contributed by atoms with Crippen LogP contribution in [0.3, 0.4) is 0 Å². The first-order valence-electron chi connectivity index (χ1n) is 6.89. The summed E-state index contributed by atoms with van der Waals surface area (Å²) in [5, 5.41) is 2.85. The monoisotopic (exact) mass is 240 g/mol. The first kappa shape index (κ1) is 12.8. The molecule has 2 fully saturated rings. The lowest BCUT2D eigenvalue weighted by atomic mass is 9.98. The number of ether oxygens (including phenoxy) is 1. The van der Waals surface area contributed by atoms with Crippen LogP contribution in [-0.2, 0) is 9.53 Å². The fraction of sp³-hybridized carbons (Fsp3) is 0.923. The highest BCUT2D eigenvalue weighted by atomic mass is 16.5. The van der Waals surface area contributed by atoms with Gasteiger partial charge in [0, 0.05) is 12.6 Å². The Kier molecular flexibility index (Phi) is 4.80. The van der Waals surface area contributed by atoms with E-state index in [2.05, 4.69) is 5.32 Å². The Hall–Kier alpha value is -0.610. The zero-order chi connectivity index (χ0) is 12.1. The maximum absolute atomic E-state index is 11.5. The normalized spacial score (nSPS) is 23.4. The maximum Gasteiger partial charge on any atom is 0.246 e. The lowest BCUT2D eigenvalue weighted by molar-refractivity contribution is -0.128. The first-order chi connectivity index (χ1) is 8.25. The van der Waals surface area contributed by atoms with Gasteiger partial charge in [0.1, 0.15) is 6.61 Å². The molecule has 0 spiro atoms. The van der Waals surface area contributed by atoms with E-state index in [9.17, 15) is 4.79 Å². The predicted molar refractivity (Wildman–Crippen MR) is 66.5 cm³/mol. The molecule has 4 heteroatoms. The van der Waals surface area contributed by atoms with Crippen molar-refractivity contribution in [3.05, 3.63) is 0 Å². The molecule has 2 aliphatic carbocycles. The fourth-order valence-corrected chi connectivity index (χ4v) is 2.40.